The van der Waals surface area contributed by atoms with Crippen LogP contribution in [-0.4, -0.2) is 28.6 Å². The number of methoxy groups -OCH3 is 1. The molecule has 0 aromatic carbocycles. The van der Waals surface area contributed by atoms with Crippen LogP contribution < -0.4 is 16.0 Å². The van der Waals surface area contributed by atoms with Crippen LogP contribution in [0.3, 0.4) is 0 Å². The van der Waals surface area contributed by atoms with Crippen molar-refractivity contribution in [3.8, 4) is 5.88 Å². The van der Waals surface area contributed by atoms with Crippen molar-refractivity contribution >= 4 is 0 Å². The van der Waals surface area contributed by atoms with Gasteiger partial charge in [0.2, 0.25) is 5.88 Å². The van der Waals surface area contributed by atoms with Crippen LogP contribution in [0.5, 0.6) is 5.88 Å². The van der Waals surface area contributed by atoms with Gasteiger partial charge in [-0.05, 0) is 12.1 Å². The van der Waals surface area contributed by atoms with E-state index in [1.807, 2.05) is 6.07 Å². The fourth-order valence-electron chi connectivity index (χ4n) is 1.75. The number of hydrogen-bond acceptors (Lipinski definition) is 5. The molecule has 0 bridgehead atoms. The molecule has 0 fully saturated rings. The standard InChI is InChI=1S/C13H16N4O2/c1-19-13-3-2-9(8-15-13)6-11-16-10(4-5-14)7-12(18)17-11/h2-3,7-8H,4-6,14H2,1H3,(H,16,17,18). The zero-order valence-corrected chi connectivity index (χ0v) is 10.7. The average Bonchev–Trinajstić information content (AvgIpc) is 2.39. The van der Waals surface area contributed by atoms with Gasteiger partial charge in [0, 0.05) is 36.9 Å². The van der Waals surface area contributed by atoms with Crippen molar-refractivity contribution in [3.63, 3.8) is 0 Å². The Hall–Kier alpha value is -2.21. The zero-order chi connectivity index (χ0) is 13.7. The minimum Gasteiger partial charge on any atom is -0.481 e. The number of H-pyrrole nitrogens is 1. The van der Waals surface area contributed by atoms with Crippen LogP contribution in [-0.2, 0) is 12.8 Å². The number of nitrogens with one attached hydrogen (secondary N) is 1. The van der Waals surface area contributed by atoms with Gasteiger partial charge >= 0.3 is 0 Å². The van der Waals surface area contributed by atoms with Crippen LogP contribution in [0, 0.1) is 0 Å². The van der Waals surface area contributed by atoms with Crippen molar-refractivity contribution in [1.29, 1.82) is 0 Å². The lowest BCUT2D eigenvalue weighted by Crippen LogP contribution is -2.15. The normalized spacial score (nSPS) is 10.4. The molecule has 0 atom stereocenters. The fraction of sp³-hybridized carbons (Fsp3) is 0.308. The molecule has 100 valence electrons. The van der Waals surface area contributed by atoms with Gasteiger partial charge in [0.1, 0.15) is 5.82 Å². The third-order valence-corrected chi connectivity index (χ3v) is 2.62. The highest BCUT2D eigenvalue weighted by Crippen LogP contribution is 2.09. The fourth-order valence-corrected chi connectivity index (χ4v) is 1.75. The topological polar surface area (TPSA) is 93.9 Å². The summed E-state index contributed by atoms with van der Waals surface area (Å²) in [5.41, 5.74) is 6.98. The molecule has 0 spiro atoms. The molecule has 2 aromatic heterocycles. The molecule has 19 heavy (non-hydrogen) atoms. The monoisotopic (exact) mass is 260 g/mol. The Labute approximate surface area is 110 Å². The van der Waals surface area contributed by atoms with E-state index in [0.29, 0.717) is 36.8 Å². The van der Waals surface area contributed by atoms with Crippen molar-refractivity contribution in [1.82, 2.24) is 15.0 Å². The highest BCUT2D eigenvalue weighted by atomic mass is 16.5. The molecule has 6 heteroatoms. The summed E-state index contributed by atoms with van der Waals surface area (Å²) in [6, 6.07) is 5.14. The van der Waals surface area contributed by atoms with E-state index in [9.17, 15) is 4.79 Å². The van der Waals surface area contributed by atoms with Gasteiger partial charge in [0.15, 0.2) is 0 Å². The quantitative estimate of drug-likeness (QED) is 0.804. The molecular formula is C13H16N4O2. The highest BCUT2D eigenvalue weighted by Gasteiger charge is 2.03. The van der Waals surface area contributed by atoms with E-state index >= 15 is 0 Å². The molecule has 2 heterocycles. The Morgan fingerprint density at radius 1 is 1.42 bits per heavy atom. The van der Waals surface area contributed by atoms with Crippen molar-refractivity contribution in [3.05, 3.63) is 51.8 Å². The third-order valence-electron chi connectivity index (χ3n) is 2.62. The largest absolute Gasteiger partial charge is 0.481 e. The van der Waals surface area contributed by atoms with Crippen LogP contribution in [0.25, 0.3) is 0 Å². The predicted octanol–water partition coefficient (Wildman–Crippen LogP) is 0.265. The molecule has 0 aliphatic heterocycles. The first-order valence-electron chi connectivity index (χ1n) is 5.99. The van der Waals surface area contributed by atoms with Crippen LogP contribution in [0.2, 0.25) is 0 Å². The number of nitrogens with two attached hydrogens (primary N) is 1. The Balaban J connectivity index is 2.19. The second-order valence-corrected chi connectivity index (χ2v) is 4.11. The van der Waals surface area contributed by atoms with E-state index in [1.54, 1.807) is 19.4 Å². The summed E-state index contributed by atoms with van der Waals surface area (Å²) in [7, 11) is 1.57. The molecule has 0 unspecified atom stereocenters. The number of nitrogens with zero attached hydrogens (tertiary/aromatic N) is 2. The van der Waals surface area contributed by atoms with Gasteiger partial charge in [-0.2, -0.15) is 0 Å². The van der Waals surface area contributed by atoms with Gasteiger partial charge < -0.3 is 15.5 Å². The lowest BCUT2D eigenvalue weighted by atomic mass is 10.2. The van der Waals surface area contributed by atoms with Gasteiger partial charge in [-0.1, -0.05) is 6.07 Å². The van der Waals surface area contributed by atoms with E-state index in [0.717, 1.165) is 5.56 Å². The molecule has 0 radical (unpaired) electrons. The smallest absolute Gasteiger partial charge is 0.251 e. The van der Waals surface area contributed by atoms with E-state index in [4.69, 9.17) is 10.5 Å². The molecule has 2 aromatic rings. The van der Waals surface area contributed by atoms with Gasteiger partial charge in [-0.15, -0.1) is 0 Å². The Morgan fingerprint density at radius 2 is 2.26 bits per heavy atom. The van der Waals surface area contributed by atoms with Gasteiger partial charge in [-0.3, -0.25) is 4.79 Å². The van der Waals surface area contributed by atoms with Crippen LogP contribution in [0.4, 0.5) is 0 Å². The van der Waals surface area contributed by atoms with Gasteiger partial charge in [0.05, 0.1) is 7.11 Å². The van der Waals surface area contributed by atoms with E-state index in [-0.39, 0.29) is 5.56 Å². The zero-order valence-electron chi connectivity index (χ0n) is 10.7. The van der Waals surface area contributed by atoms with Gasteiger partial charge in [0.25, 0.3) is 5.56 Å². The van der Waals surface area contributed by atoms with Crippen molar-refractivity contribution < 1.29 is 4.74 Å². The minimum absolute atomic E-state index is 0.157. The molecule has 2 rings (SSSR count). The Bertz CT molecular complexity index is 592. The van der Waals surface area contributed by atoms with E-state index in [2.05, 4.69) is 15.0 Å². The van der Waals surface area contributed by atoms with Gasteiger partial charge in [-0.25, -0.2) is 9.97 Å². The first-order valence-corrected chi connectivity index (χ1v) is 5.99. The molecule has 0 aliphatic rings. The summed E-state index contributed by atoms with van der Waals surface area (Å²) < 4.78 is 4.99. The summed E-state index contributed by atoms with van der Waals surface area (Å²) in [6.45, 7) is 0.472. The summed E-state index contributed by atoms with van der Waals surface area (Å²) in [6.07, 6.45) is 2.82. The average molecular weight is 260 g/mol. The lowest BCUT2D eigenvalue weighted by molar-refractivity contribution is 0.397. The molecule has 6 nitrogen and oxygen atoms in total. The maximum Gasteiger partial charge on any atom is 0.251 e. The number of hydrogen-bond donors (Lipinski definition) is 2. The molecule has 3 N–H and O–H groups in total. The molecular weight excluding hydrogens is 244 g/mol. The number of rotatable bonds is 5. The summed E-state index contributed by atoms with van der Waals surface area (Å²) in [5, 5.41) is 0. The van der Waals surface area contributed by atoms with Crippen molar-refractivity contribution in [2.24, 2.45) is 5.73 Å². The SMILES string of the molecule is COc1ccc(Cc2nc(CCN)cc(=O)[nH]2)cn1. The molecule has 0 saturated carbocycles. The second-order valence-electron chi connectivity index (χ2n) is 4.11. The number of aromatic nitrogens is 3. The van der Waals surface area contributed by atoms with Crippen molar-refractivity contribution in [2.45, 2.75) is 12.8 Å². The first-order chi connectivity index (χ1) is 9.21. The van der Waals surface area contributed by atoms with Crippen LogP contribution >= 0.6 is 0 Å². The Kier molecular flexibility index (Phi) is 4.25. The van der Waals surface area contributed by atoms with Crippen LogP contribution in [0.15, 0.2) is 29.2 Å². The number of aromatic amines is 1. The molecule has 0 saturated heterocycles. The maximum atomic E-state index is 11.5. The third kappa shape index (κ3) is 3.62. The summed E-state index contributed by atoms with van der Waals surface area (Å²) in [5.74, 6) is 1.17. The summed E-state index contributed by atoms with van der Waals surface area (Å²) >= 11 is 0. The minimum atomic E-state index is -0.157. The number of ether oxygens (including phenoxy) is 1. The van der Waals surface area contributed by atoms with E-state index in [1.165, 1.54) is 6.07 Å². The second kappa shape index (κ2) is 6.10. The van der Waals surface area contributed by atoms with Crippen molar-refractivity contribution in [2.75, 3.05) is 13.7 Å². The molecule has 0 amide bonds. The Morgan fingerprint density at radius 3 is 2.89 bits per heavy atom. The van der Waals surface area contributed by atoms with Crippen LogP contribution in [0.1, 0.15) is 17.1 Å². The maximum absolute atomic E-state index is 11.5. The molecule has 0 aliphatic carbocycles. The highest BCUT2D eigenvalue weighted by molar-refractivity contribution is 5.21. The lowest BCUT2D eigenvalue weighted by Gasteiger charge is -2.04. The van der Waals surface area contributed by atoms with E-state index < -0.39 is 0 Å². The predicted molar refractivity (Wildman–Crippen MR) is 71.2 cm³/mol. The summed E-state index contributed by atoms with van der Waals surface area (Å²) in [4.78, 5) is 22.7. The first kappa shape index (κ1) is 13.2. The number of pyridine rings is 1.